The molecule has 2 rings (SSSR count). The fourth-order valence-electron chi connectivity index (χ4n) is 1.64. The number of phenolic OH excluding ortho intramolecular Hbond substituents is 1. The number of carbonyl (C=O) groups is 1. The largest absolute Gasteiger partial charge is 0.504 e. The lowest BCUT2D eigenvalue weighted by molar-refractivity contribution is -0.118. The maximum absolute atomic E-state index is 11.5. The average Bonchev–Trinajstić information content (AvgIpc) is 2.81. The van der Waals surface area contributed by atoms with Gasteiger partial charge >= 0.3 is 0 Å². The maximum atomic E-state index is 11.5. The van der Waals surface area contributed by atoms with Crippen molar-refractivity contribution in [2.75, 3.05) is 7.11 Å². The summed E-state index contributed by atoms with van der Waals surface area (Å²) in [6, 6.07) is 4.86. The van der Waals surface area contributed by atoms with E-state index in [0.717, 1.165) is 12.0 Å². The van der Waals surface area contributed by atoms with Crippen LogP contribution in [0.5, 0.6) is 11.5 Å². The summed E-state index contributed by atoms with van der Waals surface area (Å²) in [6.07, 6.45) is 2.29. The molecule has 1 aromatic carbocycles. The quantitative estimate of drug-likeness (QED) is 0.654. The molecule has 0 saturated carbocycles. The van der Waals surface area contributed by atoms with Gasteiger partial charge in [-0.3, -0.25) is 4.79 Å². The summed E-state index contributed by atoms with van der Waals surface area (Å²) in [5.74, 6) is 0.411. The highest BCUT2D eigenvalue weighted by molar-refractivity contribution is 8.15. The third-order valence-corrected chi connectivity index (χ3v) is 3.95. The molecule has 1 atom stereocenters. The Morgan fingerprint density at radius 2 is 2.35 bits per heavy atom. The van der Waals surface area contributed by atoms with E-state index in [2.05, 4.69) is 15.5 Å². The number of methoxy groups -OCH3 is 1. The van der Waals surface area contributed by atoms with Gasteiger partial charge in [-0.25, -0.2) is 0 Å². The second-order valence-electron chi connectivity index (χ2n) is 4.09. The zero-order chi connectivity index (χ0) is 14.5. The van der Waals surface area contributed by atoms with Gasteiger partial charge in [0.05, 0.1) is 18.6 Å². The van der Waals surface area contributed by atoms with E-state index < -0.39 is 0 Å². The van der Waals surface area contributed by atoms with Crippen LogP contribution in [0.1, 0.15) is 18.9 Å². The van der Waals surface area contributed by atoms with Crippen molar-refractivity contribution in [3.8, 4) is 11.5 Å². The Labute approximate surface area is 120 Å². The van der Waals surface area contributed by atoms with Gasteiger partial charge in [-0.1, -0.05) is 18.7 Å². The Morgan fingerprint density at radius 1 is 1.55 bits per heavy atom. The molecule has 6 nitrogen and oxygen atoms in total. The van der Waals surface area contributed by atoms with E-state index in [1.165, 1.54) is 31.2 Å². The van der Waals surface area contributed by atoms with E-state index in [4.69, 9.17) is 4.74 Å². The summed E-state index contributed by atoms with van der Waals surface area (Å²) < 4.78 is 5.00. The van der Waals surface area contributed by atoms with Crippen molar-refractivity contribution < 1.29 is 14.6 Å². The van der Waals surface area contributed by atoms with Crippen LogP contribution in [-0.4, -0.2) is 34.8 Å². The number of hydrogen-bond donors (Lipinski definition) is 2. The van der Waals surface area contributed by atoms with Gasteiger partial charge in [0, 0.05) is 0 Å². The Bertz CT molecular complexity index is 572. The number of thioether (sulfide) groups is 1. The van der Waals surface area contributed by atoms with Gasteiger partial charge in [0.1, 0.15) is 0 Å². The van der Waals surface area contributed by atoms with Gasteiger partial charge < -0.3 is 15.2 Å². The number of ether oxygens (including phenoxy) is 1. The molecular weight excluding hydrogens is 278 g/mol. The molecule has 0 aliphatic carbocycles. The van der Waals surface area contributed by atoms with Crippen LogP contribution in [0.4, 0.5) is 0 Å². The molecule has 0 radical (unpaired) electrons. The Morgan fingerprint density at radius 3 is 3.00 bits per heavy atom. The molecule has 1 aliphatic heterocycles. The second-order valence-corrected chi connectivity index (χ2v) is 5.28. The summed E-state index contributed by atoms with van der Waals surface area (Å²) in [7, 11) is 1.48. The minimum absolute atomic E-state index is 0.0299. The van der Waals surface area contributed by atoms with E-state index in [1.54, 1.807) is 12.1 Å². The van der Waals surface area contributed by atoms with Crippen molar-refractivity contribution in [2.24, 2.45) is 10.2 Å². The third-order valence-electron chi connectivity index (χ3n) is 2.71. The van der Waals surface area contributed by atoms with Crippen LogP contribution in [-0.2, 0) is 4.79 Å². The zero-order valence-corrected chi connectivity index (χ0v) is 12.0. The van der Waals surface area contributed by atoms with Gasteiger partial charge in [0.15, 0.2) is 16.7 Å². The highest BCUT2D eigenvalue weighted by atomic mass is 32.2. The van der Waals surface area contributed by atoms with Crippen LogP contribution in [0.3, 0.4) is 0 Å². The van der Waals surface area contributed by atoms with Crippen LogP contribution in [0, 0.1) is 0 Å². The standard InChI is InChI=1S/C13H15N3O3S/c1-3-11-12(18)15-13(20-11)16-14-7-8-4-5-9(17)10(6-8)19-2/h4-7,11,17H,3H2,1-2H3,(H,15,16,18)/b14-7+. The van der Waals surface area contributed by atoms with E-state index in [-0.39, 0.29) is 16.9 Å². The smallest absolute Gasteiger partial charge is 0.239 e. The number of nitrogens with one attached hydrogen (secondary N) is 1. The third kappa shape index (κ3) is 3.30. The first kappa shape index (κ1) is 14.4. The number of amidine groups is 1. The number of amides is 1. The first-order chi connectivity index (χ1) is 9.63. The Kier molecular flexibility index (Phi) is 4.62. The van der Waals surface area contributed by atoms with Crippen LogP contribution in [0.25, 0.3) is 0 Å². The summed E-state index contributed by atoms with van der Waals surface area (Å²) in [5, 5.41) is 20.4. The number of rotatable bonds is 4. The monoisotopic (exact) mass is 293 g/mol. The van der Waals surface area contributed by atoms with E-state index in [9.17, 15) is 9.90 Å². The molecule has 2 N–H and O–H groups in total. The minimum Gasteiger partial charge on any atom is -0.504 e. The predicted octanol–water partition coefficient (Wildman–Crippen LogP) is 1.73. The molecule has 0 aromatic heterocycles. The van der Waals surface area contributed by atoms with Crippen molar-refractivity contribution in [2.45, 2.75) is 18.6 Å². The van der Waals surface area contributed by atoms with Crippen molar-refractivity contribution in [1.82, 2.24) is 5.32 Å². The number of carbonyl (C=O) groups excluding carboxylic acids is 1. The van der Waals surface area contributed by atoms with Crippen molar-refractivity contribution in [1.29, 1.82) is 0 Å². The first-order valence-corrected chi connectivity index (χ1v) is 6.97. The number of phenols is 1. The SMILES string of the molecule is CCC1S/C(=N\N=C\c2ccc(O)c(OC)c2)NC1=O. The highest BCUT2D eigenvalue weighted by Gasteiger charge is 2.28. The number of aromatic hydroxyl groups is 1. The molecule has 1 aliphatic rings. The fourth-order valence-corrected chi connectivity index (χ4v) is 2.50. The highest BCUT2D eigenvalue weighted by Crippen LogP contribution is 2.25. The average molecular weight is 293 g/mol. The van der Waals surface area contributed by atoms with Gasteiger partial charge in [-0.2, -0.15) is 5.10 Å². The van der Waals surface area contributed by atoms with Crippen LogP contribution >= 0.6 is 11.8 Å². The summed E-state index contributed by atoms with van der Waals surface area (Å²) in [4.78, 5) is 11.5. The lowest BCUT2D eigenvalue weighted by atomic mass is 10.2. The molecule has 1 heterocycles. The van der Waals surface area contributed by atoms with E-state index in [1.807, 2.05) is 6.92 Å². The van der Waals surface area contributed by atoms with Crippen LogP contribution in [0.15, 0.2) is 28.4 Å². The molecule has 1 amide bonds. The minimum atomic E-state index is -0.0854. The van der Waals surface area contributed by atoms with Crippen molar-refractivity contribution in [3.63, 3.8) is 0 Å². The topological polar surface area (TPSA) is 83.3 Å². The normalized spacial score (nSPS) is 20.6. The van der Waals surface area contributed by atoms with E-state index in [0.29, 0.717) is 10.9 Å². The first-order valence-electron chi connectivity index (χ1n) is 6.09. The molecule has 0 spiro atoms. The van der Waals surface area contributed by atoms with Crippen molar-refractivity contribution in [3.05, 3.63) is 23.8 Å². The molecule has 20 heavy (non-hydrogen) atoms. The molecule has 1 aromatic rings. The number of nitrogens with zero attached hydrogens (tertiary/aromatic N) is 2. The predicted molar refractivity (Wildman–Crippen MR) is 79.5 cm³/mol. The molecule has 106 valence electrons. The summed E-state index contributed by atoms with van der Waals surface area (Å²) in [5.41, 5.74) is 0.741. The number of hydrogen-bond acceptors (Lipinski definition) is 6. The lowest BCUT2D eigenvalue weighted by Crippen LogP contribution is -2.24. The lowest BCUT2D eigenvalue weighted by Gasteiger charge is -2.02. The Hall–Kier alpha value is -2.02. The summed E-state index contributed by atoms with van der Waals surface area (Å²) in [6.45, 7) is 1.95. The van der Waals surface area contributed by atoms with Crippen LogP contribution < -0.4 is 10.1 Å². The molecule has 1 saturated heterocycles. The molecule has 0 bridgehead atoms. The maximum Gasteiger partial charge on any atom is 0.239 e. The molecule has 1 unspecified atom stereocenters. The zero-order valence-electron chi connectivity index (χ0n) is 11.2. The molecule has 1 fully saturated rings. The van der Waals surface area contributed by atoms with Crippen LogP contribution in [0.2, 0.25) is 0 Å². The van der Waals surface area contributed by atoms with Gasteiger partial charge in [0.2, 0.25) is 5.91 Å². The summed E-state index contributed by atoms with van der Waals surface area (Å²) >= 11 is 1.37. The van der Waals surface area contributed by atoms with Crippen molar-refractivity contribution >= 4 is 29.1 Å². The fraction of sp³-hybridized carbons (Fsp3) is 0.308. The second kappa shape index (κ2) is 6.42. The van der Waals surface area contributed by atoms with Gasteiger partial charge in [-0.05, 0) is 30.2 Å². The number of benzene rings is 1. The Balaban J connectivity index is 2.05. The van der Waals surface area contributed by atoms with E-state index >= 15 is 0 Å². The van der Waals surface area contributed by atoms with Gasteiger partial charge in [0.25, 0.3) is 0 Å². The van der Waals surface area contributed by atoms with Gasteiger partial charge in [-0.15, -0.1) is 5.10 Å². The molecule has 7 heteroatoms. The molecular formula is C13H15N3O3S.